The maximum Gasteiger partial charge on any atom is 0.221 e. The van der Waals surface area contributed by atoms with E-state index in [1.165, 1.54) is 5.56 Å². The number of pyridine rings is 4. The number of benzene rings is 4. The number of rotatable bonds is 4. The summed E-state index contributed by atoms with van der Waals surface area (Å²) in [4.78, 5) is 20.0. The maximum absolute atomic E-state index is 6.95. The number of hydrogen-bond acceptors (Lipinski definition) is 5. The minimum atomic E-state index is -0.00767. The monoisotopic (exact) mass is 660 g/mol. The van der Waals surface area contributed by atoms with Gasteiger partial charge in [0.05, 0.1) is 27.8 Å². The lowest BCUT2D eigenvalue weighted by Crippen LogP contribution is -2.11. The van der Waals surface area contributed by atoms with E-state index in [0.29, 0.717) is 11.6 Å². The van der Waals surface area contributed by atoms with E-state index < -0.39 is 0 Å². The molecule has 0 aliphatic carbocycles. The molecular formula is C44H32N6O. The van der Waals surface area contributed by atoms with Crippen molar-refractivity contribution in [2.45, 2.75) is 26.2 Å². The Morgan fingerprint density at radius 1 is 0.588 bits per heavy atom. The second-order valence-electron chi connectivity index (χ2n) is 14.0. The predicted octanol–water partition coefficient (Wildman–Crippen LogP) is 10.8. The van der Waals surface area contributed by atoms with Crippen LogP contribution in [0, 0.1) is 0 Å². The van der Waals surface area contributed by atoms with Gasteiger partial charge >= 0.3 is 0 Å². The van der Waals surface area contributed by atoms with Gasteiger partial charge in [0.15, 0.2) is 5.65 Å². The molecule has 6 heterocycles. The van der Waals surface area contributed by atoms with E-state index in [4.69, 9.17) is 19.7 Å². The summed E-state index contributed by atoms with van der Waals surface area (Å²) in [6.45, 7) is 6.61. The molecule has 0 fully saturated rings. The van der Waals surface area contributed by atoms with Crippen LogP contribution in [0.1, 0.15) is 26.3 Å². The molecular weight excluding hydrogens is 629 g/mol. The van der Waals surface area contributed by atoms with Gasteiger partial charge in [-0.25, -0.2) is 9.97 Å². The van der Waals surface area contributed by atoms with E-state index in [1.807, 2.05) is 42.6 Å². The molecule has 7 nitrogen and oxygen atoms in total. The summed E-state index contributed by atoms with van der Waals surface area (Å²) in [5.74, 6) is 1.96. The zero-order valence-corrected chi connectivity index (χ0v) is 28.4. The fourth-order valence-electron chi connectivity index (χ4n) is 7.35. The van der Waals surface area contributed by atoms with Crippen molar-refractivity contribution < 1.29 is 4.74 Å². The average molecular weight is 661 g/mol. The molecule has 6 aromatic heterocycles. The van der Waals surface area contributed by atoms with E-state index in [-0.39, 0.29) is 5.41 Å². The van der Waals surface area contributed by atoms with Crippen LogP contribution in [0.25, 0.3) is 77.4 Å². The topological polar surface area (TPSA) is 70.1 Å². The first-order valence-corrected chi connectivity index (χ1v) is 17.1. The Morgan fingerprint density at radius 3 is 2.14 bits per heavy atom. The lowest BCUT2D eigenvalue weighted by atomic mass is 9.88. The normalized spacial score (nSPS) is 12.2. The highest BCUT2D eigenvalue weighted by atomic mass is 16.5. The summed E-state index contributed by atoms with van der Waals surface area (Å²) < 4.78 is 11.3. The third kappa shape index (κ3) is 4.58. The number of fused-ring (bicyclic) bond motifs is 11. The van der Waals surface area contributed by atoms with E-state index in [2.05, 4.69) is 126 Å². The molecule has 7 heteroatoms. The Bertz CT molecular complexity index is 2970. The summed E-state index contributed by atoms with van der Waals surface area (Å²) in [7, 11) is 0. The van der Waals surface area contributed by atoms with Crippen molar-refractivity contribution in [1.29, 1.82) is 0 Å². The molecule has 0 unspecified atom stereocenters. The molecule has 0 saturated carbocycles. The van der Waals surface area contributed by atoms with Crippen molar-refractivity contribution in [3.63, 3.8) is 0 Å². The summed E-state index contributed by atoms with van der Waals surface area (Å²) in [5.41, 5.74) is 8.68. The number of ether oxygens (including phenoxy) is 1. The minimum absolute atomic E-state index is 0.00767. The first-order valence-electron chi connectivity index (χ1n) is 17.1. The second kappa shape index (κ2) is 11.0. The first-order chi connectivity index (χ1) is 24.9. The Kier molecular flexibility index (Phi) is 6.30. The van der Waals surface area contributed by atoms with Crippen LogP contribution in [0.3, 0.4) is 0 Å². The molecule has 10 aromatic rings. The van der Waals surface area contributed by atoms with Crippen LogP contribution in [0.2, 0.25) is 0 Å². The number of aromatic nitrogens is 6. The van der Waals surface area contributed by atoms with Gasteiger partial charge in [-0.15, -0.1) is 0 Å². The van der Waals surface area contributed by atoms with Gasteiger partial charge in [0.25, 0.3) is 0 Å². The predicted molar refractivity (Wildman–Crippen MR) is 206 cm³/mol. The van der Waals surface area contributed by atoms with Crippen molar-refractivity contribution in [2.75, 3.05) is 0 Å². The van der Waals surface area contributed by atoms with Gasteiger partial charge in [0.1, 0.15) is 17.2 Å². The zero-order chi connectivity index (χ0) is 34.3. The number of para-hydroxylation sites is 4. The van der Waals surface area contributed by atoms with Crippen LogP contribution in [-0.4, -0.2) is 28.9 Å². The third-order valence-electron chi connectivity index (χ3n) is 9.83. The maximum atomic E-state index is 6.95. The highest BCUT2D eigenvalue weighted by Crippen LogP contribution is 2.42. The molecule has 4 aromatic carbocycles. The third-order valence-corrected chi connectivity index (χ3v) is 9.83. The molecule has 0 radical (unpaired) electrons. The number of nitrogens with zero attached hydrogens (tertiary/aromatic N) is 6. The smallest absolute Gasteiger partial charge is 0.221 e. The van der Waals surface area contributed by atoms with Crippen molar-refractivity contribution >= 4 is 60.3 Å². The molecule has 0 atom stereocenters. The average Bonchev–Trinajstić information content (AvgIpc) is 3.71. The second-order valence-corrected chi connectivity index (χ2v) is 14.0. The van der Waals surface area contributed by atoms with Gasteiger partial charge in [0.2, 0.25) is 5.88 Å². The van der Waals surface area contributed by atoms with Gasteiger partial charge in [0, 0.05) is 51.0 Å². The van der Waals surface area contributed by atoms with Gasteiger partial charge in [-0.3, -0.25) is 14.0 Å². The molecule has 244 valence electrons. The molecule has 0 aliphatic heterocycles. The lowest BCUT2D eigenvalue weighted by Gasteiger charge is -2.19. The molecule has 51 heavy (non-hydrogen) atoms. The number of imidazole rings is 1. The molecule has 0 amide bonds. The fourth-order valence-corrected chi connectivity index (χ4v) is 7.35. The summed E-state index contributed by atoms with van der Waals surface area (Å²) in [6, 6.07) is 43.6. The highest BCUT2D eigenvalue weighted by molar-refractivity contribution is 6.17. The molecule has 0 spiro atoms. The number of hydrogen-bond donors (Lipinski definition) is 0. The fraction of sp³-hybridized carbons (Fsp3) is 0.0909. The van der Waals surface area contributed by atoms with Crippen LogP contribution in [0.4, 0.5) is 0 Å². The van der Waals surface area contributed by atoms with Crippen molar-refractivity contribution in [2.24, 2.45) is 0 Å². The Hall–Kier alpha value is -6.60. The largest absolute Gasteiger partial charge is 0.438 e. The SMILES string of the molecule is CC(C)(C)c1ccc(-c2cc(Oc3ccc4c5ccccc5n(-c5ccccn5)c4n3)c3c4ccccc4n4c5ccccc5nc4c3c2)nc1. The van der Waals surface area contributed by atoms with Crippen molar-refractivity contribution in [3.8, 4) is 28.7 Å². The van der Waals surface area contributed by atoms with Crippen LogP contribution >= 0.6 is 0 Å². The van der Waals surface area contributed by atoms with Gasteiger partial charge in [-0.05, 0) is 71.6 Å². The summed E-state index contributed by atoms with van der Waals surface area (Å²) >= 11 is 0. The molecule has 0 N–H and O–H groups in total. The van der Waals surface area contributed by atoms with E-state index in [9.17, 15) is 0 Å². The Labute approximate surface area is 293 Å². The molecule has 0 aliphatic rings. The molecule has 10 rings (SSSR count). The van der Waals surface area contributed by atoms with Gasteiger partial charge in [-0.2, -0.15) is 4.98 Å². The quantitative estimate of drug-likeness (QED) is 0.176. The summed E-state index contributed by atoms with van der Waals surface area (Å²) in [6.07, 6.45) is 3.78. The van der Waals surface area contributed by atoms with Crippen molar-refractivity contribution in [3.05, 3.63) is 145 Å². The van der Waals surface area contributed by atoms with Crippen LogP contribution in [0.5, 0.6) is 11.6 Å². The summed E-state index contributed by atoms with van der Waals surface area (Å²) in [5, 5.41) is 5.14. The lowest BCUT2D eigenvalue weighted by molar-refractivity contribution is 0.470. The first kappa shape index (κ1) is 29.3. The van der Waals surface area contributed by atoms with Crippen LogP contribution in [-0.2, 0) is 5.41 Å². The molecule has 0 saturated heterocycles. The Morgan fingerprint density at radius 2 is 1.35 bits per heavy atom. The standard InChI is InChI=1S/C44H32N6O/c1-44(2,3)28-19-21-33(46-26-28)27-24-32-41(31-13-5-8-16-36(31)49-37-17-9-6-14-34(37)47-43(32)49)38(25-27)51-40-22-20-30-29-12-4-7-15-35(29)50(42(30)48-40)39-18-10-11-23-45-39/h4-26H,1-3H3. The zero-order valence-electron chi connectivity index (χ0n) is 28.4. The van der Waals surface area contributed by atoms with Gasteiger partial charge in [-0.1, -0.05) is 81.4 Å². The van der Waals surface area contributed by atoms with Gasteiger partial charge < -0.3 is 4.74 Å². The highest BCUT2D eigenvalue weighted by Gasteiger charge is 2.21. The van der Waals surface area contributed by atoms with Crippen molar-refractivity contribution in [1.82, 2.24) is 28.9 Å². The van der Waals surface area contributed by atoms with E-state index in [0.717, 1.165) is 77.4 Å². The van der Waals surface area contributed by atoms with Crippen LogP contribution in [0.15, 0.2) is 140 Å². The Balaban J connectivity index is 1.25. The van der Waals surface area contributed by atoms with E-state index >= 15 is 0 Å². The van der Waals surface area contributed by atoms with E-state index in [1.54, 1.807) is 6.20 Å². The molecule has 0 bridgehead atoms. The van der Waals surface area contributed by atoms with Crippen LogP contribution < -0.4 is 4.74 Å². The minimum Gasteiger partial charge on any atom is -0.438 e.